The number of rotatable bonds is 13. The molecule has 12 heteroatoms. The van der Waals surface area contributed by atoms with Crippen molar-refractivity contribution < 1.29 is 44.2 Å². The summed E-state index contributed by atoms with van der Waals surface area (Å²) in [6.07, 6.45) is 12.7. The van der Waals surface area contributed by atoms with Gasteiger partial charge in [0.05, 0.1) is 22.3 Å². The predicted octanol–water partition coefficient (Wildman–Crippen LogP) is 24.9. The van der Waals surface area contributed by atoms with Gasteiger partial charge in [0.15, 0.2) is 47.1 Å². The van der Waals surface area contributed by atoms with E-state index in [0.29, 0.717) is 47.2 Å². The zero-order chi connectivity index (χ0) is 85.6. The summed E-state index contributed by atoms with van der Waals surface area (Å²) in [6, 6.07) is 41.9. The van der Waals surface area contributed by atoms with Gasteiger partial charge >= 0.3 is 0 Å². The number of hydrogen-bond donors (Lipinski definition) is 0. The molecule has 0 bridgehead atoms. The molecule has 0 aliphatic rings. The predicted molar refractivity (Wildman–Crippen MR) is 463 cm³/mol. The fourth-order valence-corrected chi connectivity index (χ4v) is 16.5. The van der Waals surface area contributed by atoms with Crippen LogP contribution in [0.4, 0.5) is 0 Å². The van der Waals surface area contributed by atoms with Crippen LogP contribution in [0.15, 0.2) is 164 Å². The van der Waals surface area contributed by atoms with Gasteiger partial charge in [0.25, 0.3) is 0 Å². The van der Waals surface area contributed by atoms with Crippen molar-refractivity contribution in [3.8, 4) is 45.0 Å². The van der Waals surface area contributed by atoms with Gasteiger partial charge in [-0.15, -0.1) is 0 Å². The molecule has 0 aliphatic carbocycles. The maximum absolute atomic E-state index is 9.04. The highest BCUT2D eigenvalue weighted by atomic mass is 16.4. The van der Waals surface area contributed by atoms with Crippen LogP contribution >= 0.6 is 0 Å². The third-order valence-corrected chi connectivity index (χ3v) is 22.6. The lowest BCUT2D eigenvalue weighted by molar-refractivity contribution is -0.661. The average molecular weight is 1500 g/mol. The second-order valence-corrected chi connectivity index (χ2v) is 32.8. The van der Waals surface area contributed by atoms with Crippen LogP contribution in [0.25, 0.3) is 133 Å². The topological polar surface area (TPSA) is 120 Å². The molecule has 0 fully saturated rings. The van der Waals surface area contributed by atoms with Gasteiger partial charge in [-0.1, -0.05) is 125 Å². The van der Waals surface area contributed by atoms with Crippen molar-refractivity contribution in [1.29, 1.82) is 0 Å². The Labute approximate surface area is 671 Å². The molecule has 16 rings (SSSR count). The Balaban J connectivity index is 0.000000137. The lowest BCUT2D eigenvalue weighted by Crippen LogP contribution is -2.32. The first-order valence-corrected chi connectivity index (χ1v) is 39.7. The van der Waals surface area contributed by atoms with Crippen LogP contribution in [0.1, 0.15) is 223 Å². The number of aryl methyl sites for hydroxylation is 15. The van der Waals surface area contributed by atoms with Gasteiger partial charge in [0, 0.05) is 121 Å². The van der Waals surface area contributed by atoms with Crippen molar-refractivity contribution in [2.75, 3.05) is 0 Å². The molecule has 576 valence electrons. The molecule has 0 aliphatic heterocycles. The normalized spacial score (nSPS) is 13.2. The van der Waals surface area contributed by atoms with Gasteiger partial charge in [-0.3, -0.25) is 0 Å². The van der Waals surface area contributed by atoms with Gasteiger partial charge in [-0.2, -0.15) is 0 Å². The summed E-state index contributed by atoms with van der Waals surface area (Å²) in [7, 11) is 8.12. The van der Waals surface area contributed by atoms with Crippen molar-refractivity contribution >= 4 is 88.3 Å². The highest BCUT2D eigenvalue weighted by molar-refractivity contribution is 6.12. The van der Waals surface area contributed by atoms with Crippen LogP contribution in [-0.2, 0) is 34.6 Å². The van der Waals surface area contributed by atoms with Gasteiger partial charge in [-0.25, -0.2) is 38.2 Å². The first kappa shape index (κ1) is 71.6. The van der Waals surface area contributed by atoms with E-state index in [1.807, 2.05) is 136 Å². The maximum Gasteiger partial charge on any atom is 0.227 e. The molecule has 16 aromatic rings. The average Bonchev–Trinajstić information content (AvgIpc) is 1.52. The Kier molecular flexibility index (Phi) is 20.3. The fourth-order valence-electron chi connectivity index (χ4n) is 16.5. The number of furan rings is 4. The van der Waals surface area contributed by atoms with Gasteiger partial charge < -0.3 is 17.7 Å². The molecule has 0 N–H and O–H groups in total. The minimum absolute atomic E-state index is 0.231. The SMILES string of the molecule is CCC(CC)c1cc(-c2c(C)ccc3c2oc2nc(C)ccc23)[n+](C)cc1C.Cc1ccc2c(n1)oc1c(-c3cc(C)c(CC(C)(C)C)c[n+]3C)c(C)ccc12.[2H]C(C)(C)c1ccc2c(n1)oc1c(-c3cc(C)c(C([2H])(C)C)c[n+]3C)c(C)ccc12.[2H]C([2H])([2H])c1c[n+](C)c(-c2c(C)ccc3c2oc2nc(C)ccc23)cc1C([2H])(CC)CC. The summed E-state index contributed by atoms with van der Waals surface area (Å²) in [5.74, 6) is -1.85. The molecule has 0 unspecified atom stereocenters. The first-order valence-electron chi connectivity index (χ1n) is 42.7. The van der Waals surface area contributed by atoms with Crippen LogP contribution in [0.3, 0.4) is 0 Å². The molecule has 0 saturated carbocycles. The summed E-state index contributed by atoms with van der Waals surface area (Å²) in [5, 5.41) is 8.32. The minimum Gasteiger partial charge on any atom is -0.437 e. The van der Waals surface area contributed by atoms with Crippen LogP contribution < -0.4 is 18.3 Å². The summed E-state index contributed by atoms with van der Waals surface area (Å²) >= 11 is 0. The minimum atomic E-state index is -2.30. The van der Waals surface area contributed by atoms with E-state index in [4.69, 9.17) is 25.9 Å². The van der Waals surface area contributed by atoms with Crippen LogP contribution in [0, 0.1) is 81.5 Å². The monoisotopic (exact) mass is 1500 g/mol. The molecule has 0 spiro atoms. The van der Waals surface area contributed by atoms with Crippen molar-refractivity contribution in [2.45, 2.75) is 208 Å². The molecule has 112 heavy (non-hydrogen) atoms. The van der Waals surface area contributed by atoms with Gasteiger partial charge in [0.2, 0.25) is 45.6 Å². The van der Waals surface area contributed by atoms with E-state index in [1.165, 1.54) is 50.3 Å². The fraction of sp³-hybridized carbons (Fsp3) is 0.360. The largest absolute Gasteiger partial charge is 0.437 e. The molecule has 12 heterocycles. The molecule has 0 amide bonds. The second kappa shape index (κ2) is 31.8. The zero-order valence-electron chi connectivity index (χ0n) is 76.7. The second-order valence-electron chi connectivity index (χ2n) is 32.8. The lowest BCUT2D eigenvalue weighted by atomic mass is 9.86. The lowest BCUT2D eigenvalue weighted by Gasteiger charge is -2.19. The Morgan fingerprint density at radius 1 is 0.357 bits per heavy atom. The summed E-state index contributed by atoms with van der Waals surface area (Å²) in [4.78, 5) is 18.4. The Morgan fingerprint density at radius 3 is 1.08 bits per heavy atom. The van der Waals surface area contributed by atoms with Crippen molar-refractivity contribution in [2.24, 2.45) is 33.6 Å². The summed E-state index contributed by atoms with van der Waals surface area (Å²) in [5.41, 5.74) is 31.2. The number of fused-ring (bicyclic) bond motifs is 12. The Morgan fingerprint density at radius 2 is 0.705 bits per heavy atom. The number of pyridine rings is 8. The smallest absolute Gasteiger partial charge is 0.227 e. The summed E-state index contributed by atoms with van der Waals surface area (Å²) in [6.45, 7) is 41.3. The summed E-state index contributed by atoms with van der Waals surface area (Å²) < 4.78 is 83.6. The number of benzene rings is 4. The molecular weight excluding hydrogens is 1380 g/mol. The van der Waals surface area contributed by atoms with E-state index in [1.54, 1.807) is 6.20 Å². The Bertz CT molecular complexity index is 6610. The molecule has 4 aromatic carbocycles. The Hall–Kier alpha value is -10.7. The van der Waals surface area contributed by atoms with Crippen LogP contribution in [0.2, 0.25) is 0 Å². The highest BCUT2D eigenvalue weighted by Crippen LogP contribution is 2.43. The van der Waals surface area contributed by atoms with Crippen molar-refractivity contribution in [3.05, 3.63) is 236 Å². The van der Waals surface area contributed by atoms with Crippen molar-refractivity contribution in [1.82, 2.24) is 19.9 Å². The third kappa shape index (κ3) is 15.3. The maximum atomic E-state index is 9.04. The molecule has 12 aromatic heterocycles. The number of hydrogen-bond acceptors (Lipinski definition) is 8. The van der Waals surface area contributed by atoms with Crippen LogP contribution in [0.5, 0.6) is 0 Å². The van der Waals surface area contributed by atoms with E-state index in [9.17, 15) is 0 Å². The molecule has 0 radical (unpaired) electrons. The quantitative estimate of drug-likeness (QED) is 0.105. The van der Waals surface area contributed by atoms with Crippen molar-refractivity contribution in [3.63, 3.8) is 0 Å². The van der Waals surface area contributed by atoms with Crippen LogP contribution in [-0.4, -0.2) is 19.9 Å². The zero-order valence-corrected chi connectivity index (χ0v) is 70.7. The van der Waals surface area contributed by atoms with E-state index in [0.717, 1.165) is 158 Å². The molecule has 0 saturated heterocycles. The van der Waals surface area contributed by atoms with Gasteiger partial charge in [0.1, 0.15) is 28.2 Å². The molecule has 12 nitrogen and oxygen atoms in total. The van der Waals surface area contributed by atoms with Gasteiger partial charge in [-0.05, 0) is 230 Å². The first-order chi connectivity index (χ1) is 55.4. The van der Waals surface area contributed by atoms with E-state index in [-0.39, 0.29) is 11.0 Å². The highest BCUT2D eigenvalue weighted by Gasteiger charge is 2.30. The van der Waals surface area contributed by atoms with E-state index < -0.39 is 24.5 Å². The molecular formula is C100H116N8O4+4. The third-order valence-electron chi connectivity index (χ3n) is 22.6. The molecule has 0 atom stereocenters. The standard InChI is InChI=1S/4C25H29N2O/c1-15-8-10-19-20-11-9-17(3)26-24(20)28-23(19)22(15)21-12-16(2)18(14-27(21)7)13-25(4,5)6;1-14(2)20-13-27(7)22(12-17(20)6)23-16(5)8-9-18-19-10-11-21(15(3)4)26-25(19)28-24(18)23;2*1-7-18(8-2)21-13-22(27(6)14-16(21)4)23-15(3)9-11-19-20-12-10-17(5)26-25(20)28-24(19)23/h8-12,14H,13H2,1-7H3;8-15H,1-7H3;2*9-14,18H,7-8H2,1-6H3/q4*+1/i;14D,15D;4D3,18D;. The number of aromatic nitrogens is 8. The van der Waals surface area contributed by atoms with E-state index in [2.05, 4.69) is 215 Å². The van der Waals surface area contributed by atoms with E-state index >= 15 is 0 Å². The number of nitrogens with zero attached hydrogens (tertiary/aromatic N) is 8.